The molecule has 0 radical (unpaired) electrons. The minimum atomic E-state index is -1.57. The number of hydrogen-bond acceptors (Lipinski definition) is 17. The molecular weight excluding hydrogens is 1300 g/mol. The Morgan fingerprint density at radius 2 is 1.02 bits per heavy atom. The van der Waals surface area contributed by atoms with Gasteiger partial charge in [-0.2, -0.15) is 0 Å². The molecule has 0 bridgehead atoms. The maximum Gasteiger partial charge on any atom is 0.408 e. The van der Waals surface area contributed by atoms with Gasteiger partial charge in [-0.15, -0.1) is 0 Å². The summed E-state index contributed by atoms with van der Waals surface area (Å²) in [6.45, 7) is 23.0. The van der Waals surface area contributed by atoms with Crippen molar-refractivity contribution >= 4 is 93.2 Å². The molecule has 0 saturated heterocycles. The van der Waals surface area contributed by atoms with Gasteiger partial charge >= 0.3 is 6.09 Å². The Labute approximate surface area is 594 Å². The van der Waals surface area contributed by atoms with Crippen molar-refractivity contribution in [2.24, 2.45) is 35.3 Å². The molecule has 0 aromatic heterocycles. The Bertz CT molecular complexity index is 3280. The van der Waals surface area contributed by atoms with Gasteiger partial charge in [0.2, 0.25) is 41.4 Å². The molecule has 100 heavy (non-hydrogen) atoms. The quantitative estimate of drug-likeness (QED) is 0.0323. The maximum absolute atomic E-state index is 14.8. The number of carbonyl (C=O) groups excluding carboxylic acids is 14. The molecule has 3 rings (SSSR count). The zero-order valence-corrected chi connectivity index (χ0v) is 62.0. The zero-order valence-electron chi connectivity index (χ0n) is 61.2. The molecule has 0 aliphatic rings. The van der Waals surface area contributed by atoms with Crippen molar-refractivity contribution in [1.82, 2.24) is 36.4 Å². The molecule has 550 valence electrons. The van der Waals surface area contributed by atoms with Gasteiger partial charge in [-0.25, -0.2) is 4.79 Å². The van der Waals surface area contributed by atoms with E-state index in [2.05, 4.69) is 26.6 Å². The van der Waals surface area contributed by atoms with Gasteiger partial charge in [-0.3, -0.25) is 62.3 Å². The molecule has 0 spiro atoms. The number of benzene rings is 3. The lowest BCUT2D eigenvalue weighted by Gasteiger charge is -2.31. The smallest absolute Gasteiger partial charge is 0.408 e. The minimum Gasteiger partial charge on any atom is -0.444 e. The first-order chi connectivity index (χ1) is 46.7. The first-order valence-corrected chi connectivity index (χ1v) is 35.2. The topological polar surface area (TPSA) is 350 Å². The summed E-state index contributed by atoms with van der Waals surface area (Å²) in [7, 11) is 2.76. The van der Waals surface area contributed by atoms with Crippen LogP contribution in [0, 0.1) is 29.6 Å². The van der Waals surface area contributed by atoms with E-state index >= 15 is 0 Å². The van der Waals surface area contributed by atoms with Crippen LogP contribution in [0.5, 0.6) is 0 Å². The first kappa shape index (κ1) is 85.8. The SMILES string of the molecule is CC(C)C[C@H](NC(=O)CCC(=O)[C@H](Cc1ccccc1)N(C)C(=O)[C@H](C)CC(=O)[C@H](C)NC(=O)OC(C)(C)C)C(=O)C[C@@H](C)C(=O)N[C@H](C(=O)C[C@@H](Cc1ccccc1)C(=O)N[C@@H](CC(=O)SCc1ccccc1)C(=O)N(C)[C@@H](C)C(=O)N[C@@H](COC(C)(C)C)C(=O)CCC(N)=O)C(C)C. The van der Waals surface area contributed by atoms with E-state index in [1.165, 1.54) is 39.8 Å². The summed E-state index contributed by atoms with van der Waals surface area (Å²) >= 11 is 0.914. The summed E-state index contributed by atoms with van der Waals surface area (Å²) in [5, 5.41) is 12.9. The van der Waals surface area contributed by atoms with Crippen LogP contribution in [0.1, 0.15) is 171 Å². The molecule has 24 nitrogen and oxygen atoms in total. The highest BCUT2D eigenvalue weighted by atomic mass is 32.2. The van der Waals surface area contributed by atoms with Gasteiger partial charge < -0.3 is 51.6 Å². The van der Waals surface area contributed by atoms with Gasteiger partial charge in [-0.05, 0) is 103 Å². The highest BCUT2D eigenvalue weighted by molar-refractivity contribution is 8.12. The van der Waals surface area contributed by atoms with Gasteiger partial charge in [0, 0.05) is 89.0 Å². The largest absolute Gasteiger partial charge is 0.444 e. The fraction of sp³-hybridized carbons (Fsp3) is 0.573. The van der Waals surface area contributed by atoms with Crippen molar-refractivity contribution < 1.29 is 76.6 Å². The molecule has 10 atom stereocenters. The number of ketones is 5. The molecular formula is C75H108N8O16S. The summed E-state index contributed by atoms with van der Waals surface area (Å²) in [5.41, 5.74) is 5.97. The summed E-state index contributed by atoms with van der Waals surface area (Å²) < 4.78 is 11.1. The Morgan fingerprint density at radius 1 is 0.490 bits per heavy atom. The molecule has 0 saturated carbocycles. The van der Waals surface area contributed by atoms with Crippen molar-refractivity contribution in [3.05, 3.63) is 108 Å². The monoisotopic (exact) mass is 1410 g/mol. The Morgan fingerprint density at radius 3 is 1.55 bits per heavy atom. The summed E-state index contributed by atoms with van der Waals surface area (Å²) in [5.74, 6) is -11.0. The number of primary amides is 1. The summed E-state index contributed by atoms with van der Waals surface area (Å²) in [6.07, 6.45) is -3.41. The second kappa shape index (κ2) is 41.3. The van der Waals surface area contributed by atoms with Crippen LogP contribution in [0.25, 0.3) is 0 Å². The van der Waals surface area contributed by atoms with Crippen LogP contribution in [-0.2, 0) is 90.4 Å². The van der Waals surface area contributed by atoms with E-state index in [-0.39, 0.29) is 76.1 Å². The molecule has 3 aromatic rings. The molecule has 8 amide bonds. The van der Waals surface area contributed by atoms with E-state index < -0.39 is 171 Å². The van der Waals surface area contributed by atoms with Gasteiger partial charge in [0.1, 0.15) is 23.7 Å². The normalized spacial score (nSPS) is 14.6. The molecule has 0 unspecified atom stereocenters. The number of likely N-dealkylation sites (N-methyl/N-ethyl adjacent to an activating group) is 2. The predicted octanol–water partition coefficient (Wildman–Crippen LogP) is 7.32. The standard InChI is InChI=1S/C75H108N8O16S/c1-45(2)36-55(78-65(90)35-33-60(85)58(40-52-28-22-18-23-29-52)83(16)71(95)48(6)38-61(86)49(7)77-73(97)99-75(12,13)14)62(87)37-47(5)68(92)81-67(46(3)4)63(88)41-54(39-51-26-20-17-21-27-51)70(94)79-56(42-66(91)100-44-53-30-24-19-25-31-53)72(96)82(15)50(8)69(93)80-57(43-98-74(9,10)11)59(84)32-34-64(76)89/h17-31,45-50,54-58,67H,32-44H2,1-16H3,(H2,76,89)(H,77,97)(H,78,90)(H,79,94)(H,80,93)(H,81,92)/t47-,48-,49+,50+,54-,55+,56+,57+,58+,67+/m1/s1. The molecule has 3 aromatic carbocycles. The predicted molar refractivity (Wildman–Crippen MR) is 381 cm³/mol. The van der Waals surface area contributed by atoms with Crippen LogP contribution in [0.3, 0.4) is 0 Å². The lowest BCUT2D eigenvalue weighted by atomic mass is 9.87. The third-order valence-electron chi connectivity index (χ3n) is 16.6. The first-order valence-electron chi connectivity index (χ1n) is 34.2. The fourth-order valence-corrected chi connectivity index (χ4v) is 11.5. The summed E-state index contributed by atoms with van der Waals surface area (Å²) in [6, 6.07) is 18.4. The number of nitrogens with one attached hydrogen (secondary N) is 5. The Balaban J connectivity index is 1.84. The van der Waals surface area contributed by atoms with Crippen LogP contribution in [0.4, 0.5) is 4.79 Å². The molecule has 0 fully saturated rings. The van der Waals surface area contributed by atoms with E-state index in [0.29, 0.717) is 5.56 Å². The Hall–Kier alpha value is -8.45. The van der Waals surface area contributed by atoms with E-state index in [1.54, 1.807) is 123 Å². The van der Waals surface area contributed by atoms with Crippen LogP contribution < -0.4 is 32.3 Å². The van der Waals surface area contributed by atoms with E-state index in [9.17, 15) is 67.1 Å². The number of carbonyl (C=O) groups is 14. The maximum atomic E-state index is 14.8. The number of ether oxygens (including phenoxy) is 2. The van der Waals surface area contributed by atoms with Gasteiger partial charge in [0.05, 0.1) is 36.4 Å². The average molecular weight is 1410 g/mol. The number of hydrogen-bond donors (Lipinski definition) is 6. The van der Waals surface area contributed by atoms with Crippen molar-refractivity contribution in [1.29, 1.82) is 0 Å². The van der Waals surface area contributed by atoms with Crippen molar-refractivity contribution in [3.63, 3.8) is 0 Å². The van der Waals surface area contributed by atoms with Crippen molar-refractivity contribution in [2.45, 2.75) is 227 Å². The van der Waals surface area contributed by atoms with Crippen LogP contribution in [-0.4, -0.2) is 165 Å². The lowest BCUT2D eigenvalue weighted by molar-refractivity contribution is -0.143. The number of thioether (sulfide) groups is 1. The molecule has 0 aliphatic carbocycles. The average Bonchev–Trinajstić information content (AvgIpc) is 0.845. The van der Waals surface area contributed by atoms with E-state index in [0.717, 1.165) is 27.8 Å². The number of rotatable bonds is 42. The van der Waals surface area contributed by atoms with Gasteiger partial charge in [0.15, 0.2) is 34.0 Å². The zero-order chi connectivity index (χ0) is 75.4. The number of nitrogens with two attached hydrogens (primary N) is 1. The highest BCUT2D eigenvalue weighted by Crippen LogP contribution is 2.23. The third-order valence-corrected chi connectivity index (χ3v) is 17.6. The molecule has 0 heterocycles. The second-order valence-electron chi connectivity index (χ2n) is 28.6. The Kier molecular flexibility index (Phi) is 35.4. The summed E-state index contributed by atoms with van der Waals surface area (Å²) in [4.78, 5) is 195. The number of amides is 8. The number of Topliss-reactive ketones (excluding diaryl/α,β-unsaturated/α-hetero) is 5. The highest BCUT2D eigenvalue weighted by Gasteiger charge is 2.38. The second-order valence-corrected chi connectivity index (χ2v) is 29.7. The van der Waals surface area contributed by atoms with Crippen LogP contribution in [0.15, 0.2) is 91.0 Å². The molecule has 7 N–H and O–H groups in total. The van der Waals surface area contributed by atoms with Crippen LogP contribution in [0.2, 0.25) is 0 Å². The number of nitrogens with zero attached hydrogens (tertiary/aromatic N) is 2. The molecule has 25 heteroatoms. The van der Waals surface area contributed by atoms with Gasteiger partial charge in [0.25, 0.3) is 0 Å². The van der Waals surface area contributed by atoms with E-state index in [4.69, 9.17) is 15.2 Å². The fourth-order valence-electron chi connectivity index (χ4n) is 10.7. The van der Waals surface area contributed by atoms with Gasteiger partial charge in [-0.1, -0.05) is 144 Å². The van der Waals surface area contributed by atoms with Crippen LogP contribution >= 0.6 is 11.8 Å². The van der Waals surface area contributed by atoms with Crippen molar-refractivity contribution in [2.75, 3.05) is 20.7 Å². The van der Waals surface area contributed by atoms with Crippen molar-refractivity contribution in [3.8, 4) is 0 Å². The third kappa shape index (κ3) is 31.4. The minimum absolute atomic E-state index is 0.0284. The van der Waals surface area contributed by atoms with E-state index in [1.807, 2.05) is 44.2 Å². The lowest BCUT2D eigenvalue weighted by Crippen LogP contribution is -2.57. The number of alkyl carbamates (subject to hydrolysis) is 1. The molecule has 0 aliphatic heterocycles.